The summed E-state index contributed by atoms with van der Waals surface area (Å²) in [6.45, 7) is 3.46. The van der Waals surface area contributed by atoms with Gasteiger partial charge < -0.3 is 9.64 Å². The van der Waals surface area contributed by atoms with Crippen molar-refractivity contribution in [1.82, 2.24) is 9.80 Å². The van der Waals surface area contributed by atoms with Gasteiger partial charge in [-0.15, -0.1) is 0 Å². The van der Waals surface area contributed by atoms with Crippen LogP contribution in [0.15, 0.2) is 12.3 Å². The molecule has 92 valence electrons. The highest BCUT2D eigenvalue weighted by atomic mass is 16.5. The first-order valence-corrected chi connectivity index (χ1v) is 6.40. The van der Waals surface area contributed by atoms with Gasteiger partial charge in [0.25, 0.3) is 0 Å². The Labute approximate surface area is 99.1 Å². The summed E-state index contributed by atoms with van der Waals surface area (Å²) in [6.07, 6.45) is 10.1. The Bertz CT molecular complexity index is 234. The second kappa shape index (κ2) is 5.69. The summed E-state index contributed by atoms with van der Waals surface area (Å²) < 4.78 is 5.41. The molecule has 0 aromatic carbocycles. The first kappa shape index (κ1) is 11.9. The highest BCUT2D eigenvalue weighted by Crippen LogP contribution is 2.26. The molecule has 0 aromatic rings. The van der Waals surface area contributed by atoms with Gasteiger partial charge in [0.2, 0.25) is 0 Å². The van der Waals surface area contributed by atoms with Gasteiger partial charge in [-0.25, -0.2) is 0 Å². The number of ether oxygens (including phenoxy) is 1. The van der Waals surface area contributed by atoms with Crippen LogP contribution in [-0.4, -0.2) is 49.8 Å². The molecular formula is C13H24N2O. The summed E-state index contributed by atoms with van der Waals surface area (Å²) in [4.78, 5) is 4.79. The molecule has 3 nitrogen and oxygen atoms in total. The molecule has 0 N–H and O–H groups in total. The van der Waals surface area contributed by atoms with Crippen molar-refractivity contribution in [1.29, 1.82) is 0 Å². The van der Waals surface area contributed by atoms with E-state index in [1.807, 2.05) is 7.11 Å². The molecule has 1 aliphatic heterocycles. The maximum Gasteiger partial charge on any atom is 0.0700 e. The summed E-state index contributed by atoms with van der Waals surface area (Å²) in [6, 6.07) is 0. The molecule has 0 amide bonds. The summed E-state index contributed by atoms with van der Waals surface area (Å²) in [7, 11) is 3.99. The third kappa shape index (κ3) is 3.22. The van der Waals surface area contributed by atoms with Gasteiger partial charge in [0, 0.05) is 27.2 Å². The number of rotatable bonds is 3. The lowest BCUT2D eigenvalue weighted by Gasteiger charge is -2.35. The van der Waals surface area contributed by atoms with Crippen molar-refractivity contribution in [2.45, 2.75) is 31.8 Å². The van der Waals surface area contributed by atoms with E-state index in [1.54, 1.807) is 0 Å². The third-order valence-corrected chi connectivity index (χ3v) is 3.79. The second-order valence-corrected chi connectivity index (χ2v) is 5.20. The van der Waals surface area contributed by atoms with Crippen LogP contribution in [0.3, 0.4) is 0 Å². The van der Waals surface area contributed by atoms with Crippen molar-refractivity contribution in [3.05, 3.63) is 12.3 Å². The number of hydrogen-bond donors (Lipinski definition) is 0. The van der Waals surface area contributed by atoms with Crippen LogP contribution in [0.5, 0.6) is 0 Å². The van der Waals surface area contributed by atoms with Gasteiger partial charge in [-0.3, -0.25) is 4.90 Å². The third-order valence-electron chi connectivity index (χ3n) is 3.79. The first-order chi connectivity index (χ1) is 7.78. The minimum Gasteiger partial charge on any atom is -0.381 e. The lowest BCUT2D eigenvalue weighted by molar-refractivity contribution is 0.0467. The van der Waals surface area contributed by atoms with Crippen LogP contribution < -0.4 is 0 Å². The molecule has 3 heteroatoms. The smallest absolute Gasteiger partial charge is 0.0700 e. The molecule has 2 aliphatic rings. The quantitative estimate of drug-likeness (QED) is 0.728. The van der Waals surface area contributed by atoms with Gasteiger partial charge in [0.1, 0.15) is 0 Å². The zero-order chi connectivity index (χ0) is 11.4. The van der Waals surface area contributed by atoms with E-state index in [4.69, 9.17) is 4.74 Å². The Hall–Kier alpha value is -0.540. The van der Waals surface area contributed by atoms with Crippen LogP contribution in [0.1, 0.15) is 25.7 Å². The van der Waals surface area contributed by atoms with E-state index in [9.17, 15) is 0 Å². The van der Waals surface area contributed by atoms with Crippen LogP contribution in [0, 0.1) is 5.92 Å². The molecule has 16 heavy (non-hydrogen) atoms. The lowest BCUT2D eigenvalue weighted by atomic mass is 9.87. The monoisotopic (exact) mass is 224 g/mol. The molecule has 0 bridgehead atoms. The van der Waals surface area contributed by atoms with Crippen LogP contribution in [-0.2, 0) is 4.74 Å². The Morgan fingerprint density at radius 2 is 2.00 bits per heavy atom. The fourth-order valence-electron chi connectivity index (χ4n) is 2.84. The van der Waals surface area contributed by atoms with Gasteiger partial charge >= 0.3 is 0 Å². The Balaban J connectivity index is 1.72. The van der Waals surface area contributed by atoms with E-state index >= 15 is 0 Å². The largest absolute Gasteiger partial charge is 0.381 e. The van der Waals surface area contributed by atoms with Crippen molar-refractivity contribution in [2.75, 3.05) is 33.9 Å². The SMILES string of the molecule is COC1CCC(CN2CC=CN(C)C2)CC1. The zero-order valence-corrected chi connectivity index (χ0v) is 10.6. The topological polar surface area (TPSA) is 15.7 Å². The average Bonchev–Trinajstić information content (AvgIpc) is 2.30. The van der Waals surface area contributed by atoms with E-state index in [0.717, 1.165) is 19.1 Å². The van der Waals surface area contributed by atoms with Crippen molar-refractivity contribution in [2.24, 2.45) is 5.92 Å². The molecule has 1 fully saturated rings. The molecule has 0 aromatic heterocycles. The van der Waals surface area contributed by atoms with Crippen LogP contribution in [0.4, 0.5) is 0 Å². The van der Waals surface area contributed by atoms with E-state index < -0.39 is 0 Å². The Kier molecular flexibility index (Phi) is 4.24. The minimum atomic E-state index is 0.528. The van der Waals surface area contributed by atoms with Gasteiger partial charge in [0.05, 0.1) is 12.8 Å². The minimum absolute atomic E-state index is 0.528. The van der Waals surface area contributed by atoms with Gasteiger partial charge in [0.15, 0.2) is 0 Å². The molecule has 0 unspecified atom stereocenters. The number of methoxy groups -OCH3 is 1. The van der Waals surface area contributed by atoms with Crippen LogP contribution in [0.2, 0.25) is 0 Å². The van der Waals surface area contributed by atoms with Gasteiger partial charge in [-0.05, 0) is 37.8 Å². The van der Waals surface area contributed by atoms with Gasteiger partial charge in [-0.1, -0.05) is 6.08 Å². The fourth-order valence-corrected chi connectivity index (χ4v) is 2.84. The average molecular weight is 224 g/mol. The molecule has 1 aliphatic carbocycles. The van der Waals surface area contributed by atoms with E-state index in [1.165, 1.54) is 32.2 Å². The number of nitrogens with zero attached hydrogens (tertiary/aromatic N) is 2. The van der Waals surface area contributed by atoms with Crippen molar-refractivity contribution < 1.29 is 4.74 Å². The zero-order valence-electron chi connectivity index (χ0n) is 10.6. The normalized spacial score (nSPS) is 32.0. The first-order valence-electron chi connectivity index (χ1n) is 6.40. The summed E-state index contributed by atoms with van der Waals surface area (Å²) in [5, 5.41) is 0. The van der Waals surface area contributed by atoms with E-state index in [0.29, 0.717) is 6.10 Å². The maximum atomic E-state index is 5.41. The van der Waals surface area contributed by atoms with Crippen molar-refractivity contribution in [3.63, 3.8) is 0 Å². The molecule has 2 rings (SSSR count). The second-order valence-electron chi connectivity index (χ2n) is 5.20. The molecule has 0 saturated heterocycles. The molecular weight excluding hydrogens is 200 g/mol. The molecule has 0 spiro atoms. The van der Waals surface area contributed by atoms with E-state index in [-0.39, 0.29) is 0 Å². The molecule has 0 atom stereocenters. The summed E-state index contributed by atoms with van der Waals surface area (Å²) in [5.74, 6) is 0.881. The van der Waals surface area contributed by atoms with Crippen LogP contribution >= 0.6 is 0 Å². The highest BCUT2D eigenvalue weighted by molar-refractivity contribution is 4.89. The molecule has 1 saturated carbocycles. The standard InChI is InChI=1S/C13H24N2O/c1-14-8-3-9-15(11-14)10-12-4-6-13(16-2)7-5-12/h3,8,12-13H,4-7,9-11H2,1-2H3. The predicted octanol–water partition coefficient (Wildman–Crippen LogP) is 1.91. The Morgan fingerprint density at radius 3 is 2.62 bits per heavy atom. The van der Waals surface area contributed by atoms with Crippen molar-refractivity contribution >= 4 is 0 Å². The fraction of sp³-hybridized carbons (Fsp3) is 0.846. The predicted molar refractivity (Wildman–Crippen MR) is 66.1 cm³/mol. The van der Waals surface area contributed by atoms with E-state index in [2.05, 4.69) is 29.1 Å². The Morgan fingerprint density at radius 1 is 1.25 bits per heavy atom. The van der Waals surface area contributed by atoms with Crippen LogP contribution in [0.25, 0.3) is 0 Å². The lowest BCUT2D eigenvalue weighted by Crippen LogP contribution is -2.40. The summed E-state index contributed by atoms with van der Waals surface area (Å²) in [5.41, 5.74) is 0. The highest BCUT2D eigenvalue weighted by Gasteiger charge is 2.23. The molecule has 0 radical (unpaired) electrons. The van der Waals surface area contributed by atoms with Crippen molar-refractivity contribution in [3.8, 4) is 0 Å². The maximum absolute atomic E-state index is 5.41. The number of hydrogen-bond acceptors (Lipinski definition) is 3. The molecule has 1 heterocycles. The summed E-state index contributed by atoms with van der Waals surface area (Å²) >= 11 is 0. The van der Waals surface area contributed by atoms with Gasteiger partial charge in [-0.2, -0.15) is 0 Å².